The predicted octanol–water partition coefficient (Wildman–Crippen LogP) is 4.34. The van der Waals surface area contributed by atoms with Gasteiger partial charge in [-0.25, -0.2) is 4.98 Å². The number of carbonyl (C=O) groups excluding carboxylic acids is 1. The van der Waals surface area contributed by atoms with E-state index in [-0.39, 0.29) is 17.1 Å². The van der Waals surface area contributed by atoms with Crippen LogP contribution >= 0.6 is 0 Å². The molecule has 0 fully saturated rings. The maximum atomic E-state index is 13.3. The highest BCUT2D eigenvalue weighted by molar-refractivity contribution is 6.00. The summed E-state index contributed by atoms with van der Waals surface area (Å²) in [6, 6.07) is 7.73. The van der Waals surface area contributed by atoms with E-state index in [9.17, 15) is 4.79 Å². The number of benzene rings is 1. The van der Waals surface area contributed by atoms with Crippen LogP contribution in [0, 0.1) is 10.8 Å². The summed E-state index contributed by atoms with van der Waals surface area (Å²) in [6.45, 7) is 7.02. The van der Waals surface area contributed by atoms with Crippen LogP contribution in [0.3, 0.4) is 0 Å². The van der Waals surface area contributed by atoms with Crippen LogP contribution in [-0.2, 0) is 11.3 Å². The van der Waals surface area contributed by atoms with Crippen LogP contribution in [0.15, 0.2) is 41.9 Å². The Morgan fingerprint density at radius 1 is 1.27 bits per heavy atom. The van der Waals surface area contributed by atoms with Crippen molar-refractivity contribution in [2.45, 2.75) is 58.9 Å². The summed E-state index contributed by atoms with van der Waals surface area (Å²) in [5, 5.41) is 8.90. The Morgan fingerprint density at radius 3 is 2.67 bits per heavy atom. The number of nitrogens with one attached hydrogen (secondary N) is 1. The van der Waals surface area contributed by atoms with Gasteiger partial charge in [0.05, 0.1) is 12.7 Å². The van der Waals surface area contributed by atoms with Crippen molar-refractivity contribution in [1.82, 2.24) is 9.55 Å². The summed E-state index contributed by atoms with van der Waals surface area (Å²) in [5.41, 5.74) is 2.50. The number of hydrogen-bond donors (Lipinski definition) is 1. The van der Waals surface area contributed by atoms with E-state index in [1.807, 2.05) is 28.8 Å². The third-order valence-corrected chi connectivity index (χ3v) is 5.97. The Labute approximate surface area is 177 Å². The Bertz CT molecular complexity index is 1060. The van der Waals surface area contributed by atoms with Crippen LogP contribution in [0.2, 0.25) is 0 Å². The van der Waals surface area contributed by atoms with Gasteiger partial charge in [0.2, 0.25) is 5.88 Å². The van der Waals surface area contributed by atoms with Gasteiger partial charge in [-0.05, 0) is 29.5 Å². The van der Waals surface area contributed by atoms with Gasteiger partial charge in [-0.15, -0.1) is 0 Å². The van der Waals surface area contributed by atoms with E-state index in [0.717, 1.165) is 30.7 Å². The number of carbonyl (C=O) groups is 1. The van der Waals surface area contributed by atoms with E-state index < -0.39 is 0 Å². The molecule has 1 aromatic heterocycles. The minimum absolute atomic E-state index is 0.0936. The fraction of sp³-hybridized carbons (Fsp3) is 0.458. The summed E-state index contributed by atoms with van der Waals surface area (Å²) >= 11 is 0. The highest BCUT2D eigenvalue weighted by Crippen LogP contribution is 2.48. The van der Waals surface area contributed by atoms with Crippen molar-refractivity contribution in [3.05, 3.63) is 58.5 Å². The van der Waals surface area contributed by atoms with Crippen molar-refractivity contribution in [3.8, 4) is 11.6 Å². The molecule has 2 aliphatic rings. The molecule has 0 amide bonds. The number of aromatic nitrogens is 2. The average Bonchev–Trinajstić information content (AvgIpc) is 2.71. The molecule has 0 unspecified atom stereocenters. The van der Waals surface area contributed by atoms with E-state index in [2.05, 4.69) is 25.8 Å². The molecule has 0 radical (unpaired) electrons. The molecule has 6 heteroatoms. The predicted molar refractivity (Wildman–Crippen MR) is 114 cm³/mol. The third kappa shape index (κ3) is 3.55. The molecule has 1 aliphatic heterocycles. The average molecular weight is 408 g/mol. The normalized spacial score (nSPS) is 19.7. The van der Waals surface area contributed by atoms with Crippen LogP contribution in [0.1, 0.15) is 63.5 Å². The molecule has 1 atom stereocenters. The highest BCUT2D eigenvalue weighted by Gasteiger charge is 2.43. The van der Waals surface area contributed by atoms with Gasteiger partial charge in [0.1, 0.15) is 23.3 Å². The molecule has 2 heterocycles. The molecular weight excluding hydrogens is 378 g/mol. The van der Waals surface area contributed by atoms with Crippen LogP contribution in [0.25, 0.3) is 0 Å². The first-order valence-electron chi connectivity index (χ1n) is 10.6. The second kappa shape index (κ2) is 7.74. The number of unbranched alkanes of at least 4 members (excludes halogenated alkanes) is 1. The fourth-order valence-electron chi connectivity index (χ4n) is 4.43. The minimum Gasteiger partial charge on any atom is -0.497 e. The van der Waals surface area contributed by atoms with Crippen LogP contribution in [0.4, 0.5) is 0 Å². The van der Waals surface area contributed by atoms with Gasteiger partial charge >= 0.3 is 0 Å². The van der Waals surface area contributed by atoms with Crippen LogP contribution < -0.4 is 15.0 Å². The summed E-state index contributed by atoms with van der Waals surface area (Å²) < 4.78 is 13.3. The zero-order valence-corrected chi connectivity index (χ0v) is 18.1. The van der Waals surface area contributed by atoms with Crippen LogP contribution in [0.5, 0.6) is 11.6 Å². The molecule has 0 saturated carbocycles. The Kier molecular flexibility index (Phi) is 5.26. The Balaban J connectivity index is 1.91. The fourth-order valence-corrected chi connectivity index (χ4v) is 4.43. The number of rotatable bonds is 5. The second-order valence-corrected chi connectivity index (χ2v) is 8.94. The van der Waals surface area contributed by atoms with Gasteiger partial charge in [-0.2, -0.15) is 0 Å². The maximum Gasteiger partial charge on any atom is 0.228 e. The standard InChI is InChI=1S/C24H29N3O3/c1-5-6-11-27-14-26-23-21(22(27)25)19(15-7-9-16(29-4)10-8-15)20-17(28)12-24(2,3)13-18(20)30-23/h7-10,14,19,25H,5-6,11-13H2,1-4H3/t19-/m1/s1. The summed E-state index contributed by atoms with van der Waals surface area (Å²) in [4.78, 5) is 17.8. The smallest absolute Gasteiger partial charge is 0.228 e. The van der Waals surface area contributed by atoms with Crippen molar-refractivity contribution in [3.63, 3.8) is 0 Å². The molecule has 30 heavy (non-hydrogen) atoms. The highest BCUT2D eigenvalue weighted by atomic mass is 16.5. The van der Waals surface area contributed by atoms with Crippen LogP contribution in [-0.4, -0.2) is 22.4 Å². The van der Waals surface area contributed by atoms with Gasteiger partial charge in [0.15, 0.2) is 5.78 Å². The number of ether oxygens (including phenoxy) is 2. The molecule has 0 spiro atoms. The molecule has 158 valence electrons. The minimum atomic E-state index is -0.354. The number of aryl methyl sites for hydroxylation is 1. The zero-order chi connectivity index (χ0) is 21.5. The molecule has 1 aliphatic carbocycles. The maximum absolute atomic E-state index is 13.3. The van der Waals surface area contributed by atoms with E-state index >= 15 is 0 Å². The number of allylic oxidation sites excluding steroid dienone is 2. The van der Waals surface area contributed by atoms with E-state index in [1.54, 1.807) is 13.4 Å². The van der Waals surface area contributed by atoms with Gasteiger partial charge in [0.25, 0.3) is 0 Å². The SMILES string of the molecule is CCCCn1cnc2c(c1=N)[C@H](c1ccc(OC)cc1)C1=C(CC(C)(C)CC1=O)O2. The lowest BCUT2D eigenvalue weighted by atomic mass is 9.70. The molecule has 0 saturated heterocycles. The largest absolute Gasteiger partial charge is 0.497 e. The molecule has 1 N–H and O–H groups in total. The lowest BCUT2D eigenvalue weighted by molar-refractivity contribution is -0.118. The Morgan fingerprint density at radius 2 is 2.00 bits per heavy atom. The summed E-state index contributed by atoms with van der Waals surface area (Å²) in [6.07, 6.45) is 4.83. The number of hydrogen-bond acceptors (Lipinski definition) is 5. The van der Waals surface area contributed by atoms with Crippen molar-refractivity contribution >= 4 is 5.78 Å². The lowest BCUT2D eigenvalue weighted by Crippen LogP contribution is -2.37. The van der Waals surface area contributed by atoms with E-state index in [1.165, 1.54) is 0 Å². The van der Waals surface area contributed by atoms with Crippen molar-refractivity contribution in [1.29, 1.82) is 5.41 Å². The number of methoxy groups -OCH3 is 1. The van der Waals surface area contributed by atoms with Gasteiger partial charge < -0.3 is 14.0 Å². The van der Waals surface area contributed by atoms with Crippen molar-refractivity contribution in [2.75, 3.05) is 7.11 Å². The first-order chi connectivity index (χ1) is 14.3. The molecule has 1 aromatic carbocycles. The number of nitrogens with zero attached hydrogens (tertiary/aromatic N) is 2. The molecule has 0 bridgehead atoms. The van der Waals surface area contributed by atoms with E-state index in [0.29, 0.717) is 41.1 Å². The second-order valence-electron chi connectivity index (χ2n) is 8.94. The zero-order valence-electron chi connectivity index (χ0n) is 18.1. The summed E-state index contributed by atoms with van der Waals surface area (Å²) in [7, 11) is 1.63. The van der Waals surface area contributed by atoms with E-state index in [4.69, 9.17) is 14.9 Å². The first kappa shape index (κ1) is 20.4. The van der Waals surface area contributed by atoms with Gasteiger partial charge in [-0.3, -0.25) is 10.2 Å². The molecule has 6 nitrogen and oxygen atoms in total. The van der Waals surface area contributed by atoms with Gasteiger partial charge in [0, 0.05) is 30.9 Å². The van der Waals surface area contributed by atoms with Crippen molar-refractivity contribution < 1.29 is 14.3 Å². The molecular formula is C24H29N3O3. The quantitative estimate of drug-likeness (QED) is 0.800. The lowest BCUT2D eigenvalue weighted by Gasteiger charge is -2.38. The first-order valence-corrected chi connectivity index (χ1v) is 10.6. The number of ketones is 1. The molecule has 4 rings (SSSR count). The third-order valence-electron chi connectivity index (χ3n) is 5.97. The molecule has 2 aromatic rings. The summed E-state index contributed by atoms with van der Waals surface area (Å²) in [5.74, 6) is 1.63. The van der Waals surface area contributed by atoms with Crippen molar-refractivity contribution in [2.24, 2.45) is 5.41 Å². The Hall–Kier alpha value is -2.89. The number of fused-ring (bicyclic) bond motifs is 1. The number of Topliss-reactive ketones (excluding diaryl/α,β-unsaturated/α-hetero) is 1. The monoisotopic (exact) mass is 407 g/mol. The van der Waals surface area contributed by atoms with Gasteiger partial charge in [-0.1, -0.05) is 39.3 Å². The topological polar surface area (TPSA) is 77.2 Å².